The van der Waals surface area contributed by atoms with Crippen molar-refractivity contribution in [3.63, 3.8) is 0 Å². The lowest BCUT2D eigenvalue weighted by atomic mass is 9.91. The number of aromatic nitrogens is 2. The number of hydrogen-bond donors (Lipinski definition) is 0. The second-order valence-electron chi connectivity index (χ2n) is 22.0. The van der Waals surface area contributed by atoms with E-state index in [1.54, 1.807) is 56.9 Å². The molecule has 0 saturated carbocycles. The van der Waals surface area contributed by atoms with E-state index in [9.17, 15) is 0 Å². The number of carbonyl (C=O) groups excluding carboxylic acids is 2. The molecule has 8 rings (SSSR count). The molecule has 0 radical (unpaired) electrons. The summed E-state index contributed by atoms with van der Waals surface area (Å²) in [7, 11) is 13.0. The first-order chi connectivity index (χ1) is 41.1. The third-order valence-electron chi connectivity index (χ3n) is 16.9. The lowest BCUT2D eigenvalue weighted by molar-refractivity contribution is 0.0506. The fourth-order valence-electron chi connectivity index (χ4n) is 12.8. The molecule has 2 heterocycles. The van der Waals surface area contributed by atoms with Crippen molar-refractivity contribution in [1.29, 1.82) is 0 Å². The van der Waals surface area contributed by atoms with Gasteiger partial charge in [0.15, 0.2) is 46.0 Å². The summed E-state index contributed by atoms with van der Waals surface area (Å²) in [5.41, 5.74) is 2.25. The van der Waals surface area contributed by atoms with E-state index in [4.69, 9.17) is 47.4 Å². The van der Waals surface area contributed by atoms with Gasteiger partial charge >= 0.3 is 11.9 Å². The summed E-state index contributed by atoms with van der Waals surface area (Å²) >= 11 is 0. The Hall–Kier alpha value is -7.22. The number of methoxy groups -OCH3 is 8. The molecule has 0 saturated heterocycles. The summed E-state index contributed by atoms with van der Waals surface area (Å²) in [5.74, 6) is 3.14. The van der Waals surface area contributed by atoms with Gasteiger partial charge in [-0.25, -0.2) is 9.59 Å². The van der Waals surface area contributed by atoms with Crippen LogP contribution in [0.5, 0.6) is 46.0 Å². The molecule has 84 heavy (non-hydrogen) atoms. The van der Waals surface area contributed by atoms with E-state index >= 15 is 9.59 Å². The van der Waals surface area contributed by atoms with Gasteiger partial charge in [-0.2, -0.15) is 0 Å². The van der Waals surface area contributed by atoms with Crippen LogP contribution in [0.25, 0.3) is 76.0 Å². The van der Waals surface area contributed by atoms with Gasteiger partial charge in [0.25, 0.3) is 0 Å². The molecule has 0 amide bonds. The van der Waals surface area contributed by atoms with E-state index in [-0.39, 0.29) is 13.2 Å². The van der Waals surface area contributed by atoms with Crippen LogP contribution in [-0.2, 0) is 22.6 Å². The van der Waals surface area contributed by atoms with Crippen LogP contribution in [0.15, 0.2) is 48.5 Å². The maximum absolute atomic E-state index is 15.6. The van der Waals surface area contributed by atoms with E-state index < -0.39 is 11.9 Å². The van der Waals surface area contributed by atoms with Gasteiger partial charge in [0.2, 0.25) is 0 Å². The van der Waals surface area contributed by atoms with Crippen molar-refractivity contribution < 1.29 is 57.0 Å². The van der Waals surface area contributed by atoms with E-state index in [0.29, 0.717) is 81.2 Å². The molecule has 0 spiro atoms. The monoisotopic (exact) mass is 1150 g/mol. The summed E-state index contributed by atoms with van der Waals surface area (Å²) in [6.45, 7) is 9.37. The molecule has 454 valence electrons. The average Bonchev–Trinajstić information content (AvgIpc) is 1.89. The normalized spacial score (nSPS) is 11.6. The minimum Gasteiger partial charge on any atom is -0.493 e. The molecule has 6 aromatic carbocycles. The number of esters is 2. The minimum atomic E-state index is -0.474. The highest BCUT2D eigenvalue weighted by molar-refractivity contribution is 6.37. The van der Waals surface area contributed by atoms with Gasteiger partial charge in [-0.15, -0.1) is 0 Å². The van der Waals surface area contributed by atoms with E-state index in [1.807, 2.05) is 62.4 Å². The number of hydrogen-bond acceptors (Lipinski definition) is 12. The largest absolute Gasteiger partial charge is 0.493 e. The van der Waals surface area contributed by atoms with Crippen molar-refractivity contribution in [2.24, 2.45) is 0 Å². The highest BCUT2D eigenvalue weighted by atomic mass is 16.5. The third kappa shape index (κ3) is 12.7. The van der Waals surface area contributed by atoms with Crippen LogP contribution in [0.1, 0.15) is 177 Å². The number of unbranched alkanes of at least 4 members (excludes halogenated alkanes) is 18. The number of fused-ring (bicyclic) bond motifs is 12. The fourth-order valence-corrected chi connectivity index (χ4v) is 12.8. The molecule has 0 fully saturated rings. The van der Waals surface area contributed by atoms with Crippen LogP contribution >= 0.6 is 0 Å². The van der Waals surface area contributed by atoms with Gasteiger partial charge in [-0.05, 0) is 118 Å². The van der Waals surface area contributed by atoms with Crippen molar-refractivity contribution in [2.45, 2.75) is 169 Å². The first kappa shape index (κ1) is 62.8. The molecule has 14 nitrogen and oxygen atoms in total. The van der Waals surface area contributed by atoms with Gasteiger partial charge in [0.05, 0.1) is 81.5 Å². The Kier molecular flexibility index (Phi) is 22.5. The fraction of sp³-hybridized carbons (Fsp3) is 0.514. The predicted octanol–water partition coefficient (Wildman–Crippen LogP) is 18.1. The molecule has 0 aliphatic carbocycles. The van der Waals surface area contributed by atoms with Crippen molar-refractivity contribution in [1.82, 2.24) is 9.13 Å². The molecule has 2 aromatic heterocycles. The highest BCUT2D eigenvalue weighted by Gasteiger charge is 2.36. The summed E-state index contributed by atoms with van der Waals surface area (Å²) in [6.07, 6.45) is 22.6. The molecule has 0 aliphatic rings. The topological polar surface area (TPSA) is 136 Å². The lowest BCUT2D eigenvalue weighted by Crippen LogP contribution is -2.16. The predicted molar refractivity (Wildman–Crippen MR) is 341 cm³/mol. The summed E-state index contributed by atoms with van der Waals surface area (Å²) < 4.78 is 65.6. The molecule has 0 bridgehead atoms. The Morgan fingerprint density at radius 3 is 0.738 bits per heavy atom. The minimum absolute atomic E-state index is 0.140. The summed E-state index contributed by atoms with van der Waals surface area (Å²) in [6, 6.07) is 15.9. The number of nitrogens with zero attached hydrogens (tertiary/aromatic N) is 2. The maximum Gasteiger partial charge on any atom is 0.355 e. The molecule has 14 heteroatoms. The Morgan fingerprint density at radius 2 is 0.512 bits per heavy atom. The Balaban J connectivity index is 1.59. The van der Waals surface area contributed by atoms with E-state index in [1.165, 1.54) is 77.0 Å². The standard InChI is InChI=1S/C70H92N2O12/c1-13-17-19-21-23-25-27-29-31-33-35-71-65(61-49-41-57(79-9)53(75-5)37-45(49)47-39-55(77-7)59(81-11)43-51(47)63(61)67(71)69(73)83-15-3)66-62-50-42-58(80-10)54(76-6)38-46(50)48-40-56(78-8)60(82-12)44-52(48)64(62)68(70(74)84-16-4)72(66)36-34-32-30-28-26-24-22-20-18-14-2/h37-44H,13-36H2,1-12H3. The van der Waals surface area contributed by atoms with Crippen molar-refractivity contribution >= 4 is 76.6 Å². The van der Waals surface area contributed by atoms with Crippen molar-refractivity contribution in [3.8, 4) is 57.4 Å². The van der Waals surface area contributed by atoms with Gasteiger partial charge in [-0.3, -0.25) is 0 Å². The molecule has 8 aromatic rings. The zero-order valence-corrected chi connectivity index (χ0v) is 52.4. The molecule has 0 unspecified atom stereocenters. The molecular formula is C70H92N2O12. The van der Waals surface area contributed by atoms with Crippen LogP contribution in [0.2, 0.25) is 0 Å². The number of benzene rings is 6. The first-order valence-corrected chi connectivity index (χ1v) is 31.0. The number of ether oxygens (including phenoxy) is 10. The average molecular weight is 1150 g/mol. The summed E-state index contributed by atoms with van der Waals surface area (Å²) in [5, 5.41) is 9.18. The number of rotatable bonds is 35. The third-order valence-corrected chi connectivity index (χ3v) is 16.9. The summed E-state index contributed by atoms with van der Waals surface area (Å²) in [4.78, 5) is 31.2. The zero-order chi connectivity index (χ0) is 59.9. The van der Waals surface area contributed by atoms with Gasteiger partial charge in [-0.1, -0.05) is 129 Å². The van der Waals surface area contributed by atoms with Crippen LogP contribution < -0.4 is 37.9 Å². The van der Waals surface area contributed by atoms with Crippen LogP contribution in [0.4, 0.5) is 0 Å². The van der Waals surface area contributed by atoms with Gasteiger partial charge in [0, 0.05) is 34.6 Å². The van der Waals surface area contributed by atoms with E-state index in [2.05, 4.69) is 23.0 Å². The Bertz CT molecular complexity index is 3340. The second kappa shape index (κ2) is 30.0. The van der Waals surface area contributed by atoms with Gasteiger partial charge < -0.3 is 56.5 Å². The quantitative estimate of drug-likeness (QED) is 0.0212. The molecule has 0 atom stereocenters. The zero-order valence-electron chi connectivity index (χ0n) is 52.4. The molecular weight excluding hydrogens is 1060 g/mol. The van der Waals surface area contributed by atoms with Crippen LogP contribution in [0, 0.1) is 0 Å². The maximum atomic E-state index is 15.6. The van der Waals surface area contributed by atoms with Crippen LogP contribution in [-0.4, -0.2) is 91.2 Å². The van der Waals surface area contributed by atoms with E-state index in [0.717, 1.165) is 117 Å². The number of carbonyl (C=O) groups is 2. The second-order valence-corrected chi connectivity index (χ2v) is 22.0. The smallest absolute Gasteiger partial charge is 0.355 e. The molecule has 0 N–H and O–H groups in total. The molecule has 0 aliphatic heterocycles. The first-order valence-electron chi connectivity index (χ1n) is 31.0. The Morgan fingerprint density at radius 1 is 0.298 bits per heavy atom. The van der Waals surface area contributed by atoms with Crippen LogP contribution in [0.3, 0.4) is 0 Å². The Labute approximate surface area is 497 Å². The van der Waals surface area contributed by atoms with Crippen molar-refractivity contribution in [2.75, 3.05) is 70.1 Å². The highest BCUT2D eigenvalue weighted by Crippen LogP contribution is 2.54. The van der Waals surface area contributed by atoms with Gasteiger partial charge in [0.1, 0.15) is 11.4 Å². The SMILES string of the molecule is CCCCCCCCCCCCn1c(C(=O)OCC)c2c3cc(OC)c(OC)cc3c3cc(OC)c(OC)cc3c2c1-c1c2c3cc(OC)c(OC)cc3c3cc(OC)c(OC)cc3c2c(C(=O)OCC)n1CCCCCCCCCCCC. The van der Waals surface area contributed by atoms with Crippen molar-refractivity contribution in [3.05, 3.63) is 59.9 Å². The lowest BCUT2D eigenvalue weighted by Gasteiger charge is -2.19.